The smallest absolute Gasteiger partial charge is 0.256 e. The molecule has 162 valence electrons. The van der Waals surface area contributed by atoms with E-state index in [1.165, 1.54) is 7.11 Å². The lowest BCUT2D eigenvalue weighted by molar-refractivity contribution is 0.102. The molecule has 4 nitrogen and oxygen atoms in total. The summed E-state index contributed by atoms with van der Waals surface area (Å²) >= 11 is 18.6. The topological polar surface area (TPSA) is 51.2 Å². The van der Waals surface area contributed by atoms with Crippen LogP contribution in [0.3, 0.4) is 0 Å². The summed E-state index contributed by atoms with van der Waals surface area (Å²) in [6.07, 6.45) is 0. The first kappa shape index (κ1) is 22.4. The Morgan fingerprint density at radius 2 is 1.66 bits per heavy atom. The molecule has 0 saturated carbocycles. The first-order valence-electron chi connectivity index (χ1n) is 9.79. The van der Waals surface area contributed by atoms with E-state index in [9.17, 15) is 4.79 Å². The van der Waals surface area contributed by atoms with Crippen LogP contribution in [0.2, 0.25) is 15.1 Å². The van der Waals surface area contributed by atoms with Crippen molar-refractivity contribution >= 4 is 57.3 Å². The standard InChI is InChI=1S/C25H19Cl3N2O2/c1-13-8-14(2)24-18(9-13)19(12-21(29-24)17-6-4-15(26)10-20(17)28)25(31)30-22-11-16(27)5-7-23(22)32-3/h4-12H,1-3H3,(H,30,31). The van der Waals surface area contributed by atoms with Gasteiger partial charge in [-0.1, -0.05) is 46.4 Å². The van der Waals surface area contributed by atoms with Crippen molar-refractivity contribution in [2.45, 2.75) is 13.8 Å². The number of carbonyl (C=O) groups is 1. The predicted octanol–water partition coefficient (Wildman–Crippen LogP) is 7.74. The van der Waals surface area contributed by atoms with Gasteiger partial charge in [-0.05, 0) is 67.9 Å². The Morgan fingerprint density at radius 3 is 2.38 bits per heavy atom. The van der Waals surface area contributed by atoms with Crippen LogP contribution in [0.25, 0.3) is 22.2 Å². The molecule has 1 aromatic heterocycles. The highest BCUT2D eigenvalue weighted by atomic mass is 35.5. The molecule has 0 bridgehead atoms. The van der Waals surface area contributed by atoms with Crippen molar-refractivity contribution in [3.8, 4) is 17.0 Å². The summed E-state index contributed by atoms with van der Waals surface area (Å²) in [5.41, 5.74) is 4.92. The van der Waals surface area contributed by atoms with Crippen LogP contribution in [-0.4, -0.2) is 18.0 Å². The number of fused-ring (bicyclic) bond motifs is 1. The summed E-state index contributed by atoms with van der Waals surface area (Å²) in [4.78, 5) is 18.3. The number of carbonyl (C=O) groups excluding carboxylic acids is 1. The van der Waals surface area contributed by atoms with Crippen LogP contribution >= 0.6 is 34.8 Å². The van der Waals surface area contributed by atoms with Crippen LogP contribution in [0.4, 0.5) is 5.69 Å². The Labute approximate surface area is 201 Å². The number of amides is 1. The second-order valence-electron chi connectivity index (χ2n) is 7.46. The molecule has 0 aliphatic carbocycles. The molecule has 32 heavy (non-hydrogen) atoms. The third-order valence-corrected chi connectivity index (χ3v) is 5.89. The number of methoxy groups -OCH3 is 1. The number of benzene rings is 3. The van der Waals surface area contributed by atoms with Crippen molar-refractivity contribution in [1.82, 2.24) is 4.98 Å². The van der Waals surface area contributed by atoms with Gasteiger partial charge in [-0.25, -0.2) is 4.98 Å². The number of pyridine rings is 1. The third-order valence-electron chi connectivity index (χ3n) is 5.11. The number of rotatable bonds is 4. The van der Waals surface area contributed by atoms with Gasteiger partial charge in [0.05, 0.1) is 34.6 Å². The molecule has 0 aliphatic heterocycles. The zero-order valence-corrected chi connectivity index (χ0v) is 19.9. The van der Waals surface area contributed by atoms with E-state index < -0.39 is 0 Å². The number of ether oxygens (including phenoxy) is 1. The number of anilines is 1. The highest BCUT2D eigenvalue weighted by molar-refractivity contribution is 6.36. The number of nitrogens with one attached hydrogen (secondary N) is 1. The number of hydrogen-bond acceptors (Lipinski definition) is 3. The van der Waals surface area contributed by atoms with Gasteiger partial charge in [-0.2, -0.15) is 0 Å². The minimum absolute atomic E-state index is 0.311. The fraction of sp³-hybridized carbons (Fsp3) is 0.120. The number of hydrogen-bond donors (Lipinski definition) is 1. The van der Waals surface area contributed by atoms with Crippen LogP contribution in [0, 0.1) is 13.8 Å². The maximum atomic E-state index is 13.5. The van der Waals surface area contributed by atoms with E-state index in [4.69, 9.17) is 44.5 Å². The molecule has 0 radical (unpaired) electrons. The molecule has 0 unspecified atom stereocenters. The van der Waals surface area contributed by atoms with Gasteiger partial charge in [-0.3, -0.25) is 4.79 Å². The summed E-state index contributed by atoms with van der Waals surface area (Å²) in [6.45, 7) is 3.95. The average Bonchev–Trinajstić information content (AvgIpc) is 2.73. The van der Waals surface area contributed by atoms with Crippen LogP contribution in [0.5, 0.6) is 5.75 Å². The van der Waals surface area contributed by atoms with E-state index >= 15 is 0 Å². The minimum atomic E-state index is -0.311. The molecular weight excluding hydrogens is 467 g/mol. The van der Waals surface area contributed by atoms with Gasteiger partial charge >= 0.3 is 0 Å². The maximum absolute atomic E-state index is 13.5. The first-order valence-corrected chi connectivity index (χ1v) is 10.9. The molecule has 1 N–H and O–H groups in total. The summed E-state index contributed by atoms with van der Waals surface area (Å²) in [5, 5.41) is 5.13. The monoisotopic (exact) mass is 484 g/mol. The van der Waals surface area contributed by atoms with Crippen molar-refractivity contribution < 1.29 is 9.53 Å². The zero-order valence-electron chi connectivity index (χ0n) is 17.6. The molecule has 7 heteroatoms. The van der Waals surface area contributed by atoms with E-state index in [0.29, 0.717) is 43.3 Å². The second-order valence-corrected chi connectivity index (χ2v) is 8.74. The van der Waals surface area contributed by atoms with Gasteiger partial charge < -0.3 is 10.1 Å². The van der Waals surface area contributed by atoms with E-state index in [1.807, 2.05) is 26.0 Å². The average molecular weight is 486 g/mol. The molecule has 4 aromatic rings. The molecule has 0 fully saturated rings. The van der Waals surface area contributed by atoms with Crippen LogP contribution in [0.1, 0.15) is 21.5 Å². The maximum Gasteiger partial charge on any atom is 0.256 e. The van der Waals surface area contributed by atoms with E-state index in [-0.39, 0.29) is 5.91 Å². The van der Waals surface area contributed by atoms with Gasteiger partial charge in [0.15, 0.2) is 0 Å². The Kier molecular flexibility index (Phi) is 6.29. The van der Waals surface area contributed by atoms with Crippen LogP contribution < -0.4 is 10.1 Å². The fourth-order valence-electron chi connectivity index (χ4n) is 3.67. The van der Waals surface area contributed by atoms with Crippen molar-refractivity contribution in [2.75, 3.05) is 12.4 Å². The first-order chi connectivity index (χ1) is 15.3. The van der Waals surface area contributed by atoms with Crippen LogP contribution in [-0.2, 0) is 0 Å². The van der Waals surface area contributed by atoms with Crippen molar-refractivity contribution in [3.63, 3.8) is 0 Å². The Morgan fingerprint density at radius 1 is 0.938 bits per heavy atom. The second kappa shape index (κ2) is 8.99. The van der Waals surface area contributed by atoms with Gasteiger partial charge in [-0.15, -0.1) is 0 Å². The molecule has 1 heterocycles. The third kappa shape index (κ3) is 4.40. The summed E-state index contributed by atoms with van der Waals surface area (Å²) in [5.74, 6) is 0.198. The minimum Gasteiger partial charge on any atom is -0.495 e. The molecule has 0 spiro atoms. The Balaban J connectivity index is 1.91. The van der Waals surface area contributed by atoms with Gasteiger partial charge in [0.2, 0.25) is 0 Å². The zero-order chi connectivity index (χ0) is 23.0. The Bertz CT molecular complexity index is 1370. The SMILES string of the molecule is COc1ccc(Cl)cc1NC(=O)c1cc(-c2ccc(Cl)cc2Cl)nc2c(C)cc(C)cc12. The summed E-state index contributed by atoms with van der Waals surface area (Å²) < 4.78 is 5.37. The number of nitrogens with zero attached hydrogens (tertiary/aromatic N) is 1. The van der Waals surface area contributed by atoms with Gasteiger partial charge in [0.1, 0.15) is 5.75 Å². The largest absolute Gasteiger partial charge is 0.495 e. The highest BCUT2D eigenvalue weighted by Gasteiger charge is 2.18. The number of aromatic nitrogens is 1. The number of halogens is 3. The van der Waals surface area contributed by atoms with E-state index in [0.717, 1.165) is 22.0 Å². The van der Waals surface area contributed by atoms with Crippen molar-refractivity contribution in [2.24, 2.45) is 0 Å². The summed E-state index contributed by atoms with van der Waals surface area (Å²) in [6, 6.07) is 16.0. The molecular formula is C25H19Cl3N2O2. The number of aryl methyl sites for hydroxylation is 2. The molecule has 4 rings (SSSR count). The fourth-order valence-corrected chi connectivity index (χ4v) is 4.35. The molecule has 1 amide bonds. The van der Waals surface area contributed by atoms with E-state index in [1.54, 1.807) is 42.5 Å². The quantitative estimate of drug-likeness (QED) is 0.321. The highest BCUT2D eigenvalue weighted by Crippen LogP contribution is 2.34. The van der Waals surface area contributed by atoms with Crippen molar-refractivity contribution in [3.05, 3.63) is 86.4 Å². The Hall–Kier alpha value is -2.79. The molecule has 0 atom stereocenters. The van der Waals surface area contributed by atoms with E-state index in [2.05, 4.69) is 5.32 Å². The lowest BCUT2D eigenvalue weighted by Crippen LogP contribution is -2.14. The molecule has 0 saturated heterocycles. The predicted molar refractivity (Wildman–Crippen MR) is 133 cm³/mol. The molecule has 0 aliphatic rings. The normalized spacial score (nSPS) is 10.9. The summed E-state index contributed by atoms with van der Waals surface area (Å²) in [7, 11) is 1.54. The molecule has 3 aromatic carbocycles. The van der Waals surface area contributed by atoms with Gasteiger partial charge in [0.25, 0.3) is 5.91 Å². The lowest BCUT2D eigenvalue weighted by Gasteiger charge is -2.15. The van der Waals surface area contributed by atoms with Gasteiger partial charge in [0, 0.05) is 21.0 Å². The van der Waals surface area contributed by atoms with Crippen LogP contribution in [0.15, 0.2) is 54.6 Å². The van der Waals surface area contributed by atoms with Crippen molar-refractivity contribution in [1.29, 1.82) is 0 Å². The lowest BCUT2D eigenvalue weighted by atomic mass is 9.99.